The number of unbranched alkanes of at least 4 members (excludes halogenated alkanes) is 1. The molecule has 0 spiro atoms. The number of nitrogens with one attached hydrogen (secondary N) is 2. The van der Waals surface area contributed by atoms with Crippen molar-refractivity contribution in [3.63, 3.8) is 0 Å². The molecular weight excluding hydrogens is 610 g/mol. The van der Waals surface area contributed by atoms with Crippen molar-refractivity contribution in [1.82, 2.24) is 15.5 Å². The Morgan fingerprint density at radius 2 is 1.17 bits per heavy atom. The third kappa shape index (κ3) is 14.8. The van der Waals surface area contributed by atoms with E-state index in [4.69, 9.17) is 18.9 Å². The average Bonchev–Trinajstić information content (AvgIpc) is 3.03. The van der Waals surface area contributed by atoms with E-state index in [1.54, 1.807) is 23.1 Å². The van der Waals surface area contributed by atoms with Crippen LogP contribution in [0.1, 0.15) is 82.3 Å². The molecule has 0 saturated heterocycles. The molecule has 0 unspecified atom stereocenters. The number of ether oxygens (including phenoxy) is 4. The lowest BCUT2D eigenvalue weighted by Crippen LogP contribution is -2.39. The molecule has 0 saturated carbocycles. The summed E-state index contributed by atoms with van der Waals surface area (Å²) in [7, 11) is 0. The van der Waals surface area contributed by atoms with Crippen LogP contribution in [-0.4, -0.2) is 60.4 Å². The number of hydrogen-bond donors (Lipinski definition) is 2. The Hall–Kier alpha value is -4.73. The Kier molecular flexibility index (Phi) is 14.6. The summed E-state index contributed by atoms with van der Waals surface area (Å²) < 4.78 is 23.1. The van der Waals surface area contributed by atoms with Crippen LogP contribution in [0.25, 0.3) is 0 Å². The predicted molar refractivity (Wildman–Crippen MR) is 186 cm³/mol. The molecule has 260 valence electrons. The van der Waals surface area contributed by atoms with E-state index in [-0.39, 0.29) is 5.91 Å². The summed E-state index contributed by atoms with van der Waals surface area (Å²) in [5.41, 5.74) is 1.25. The molecule has 0 radical (unpaired) electrons. The molecule has 10 nitrogen and oxygen atoms in total. The Labute approximate surface area is 285 Å². The number of benzene rings is 3. The normalized spacial score (nSPS) is 11.3. The summed E-state index contributed by atoms with van der Waals surface area (Å²) in [6.45, 7) is 13.2. The molecular formula is C38H51N3O7. The summed E-state index contributed by atoms with van der Waals surface area (Å²) in [5, 5.41) is 5.69. The first-order valence-corrected chi connectivity index (χ1v) is 16.5. The molecule has 0 aliphatic rings. The molecule has 2 N–H and O–H groups in total. The van der Waals surface area contributed by atoms with Gasteiger partial charge in [0.25, 0.3) is 5.91 Å². The third-order valence-corrected chi connectivity index (χ3v) is 6.75. The van der Waals surface area contributed by atoms with Gasteiger partial charge < -0.3 is 34.5 Å². The summed E-state index contributed by atoms with van der Waals surface area (Å²) >= 11 is 0. The van der Waals surface area contributed by atoms with E-state index in [1.165, 1.54) is 0 Å². The van der Waals surface area contributed by atoms with Crippen molar-refractivity contribution in [1.29, 1.82) is 0 Å². The maximum atomic E-state index is 13.2. The number of amides is 3. The Morgan fingerprint density at radius 1 is 0.625 bits per heavy atom. The highest BCUT2D eigenvalue weighted by Crippen LogP contribution is 2.30. The average molecular weight is 662 g/mol. The van der Waals surface area contributed by atoms with Crippen molar-refractivity contribution in [2.75, 3.05) is 26.2 Å². The largest absolute Gasteiger partial charge is 0.485 e. The van der Waals surface area contributed by atoms with Gasteiger partial charge in [-0.25, -0.2) is 9.59 Å². The molecule has 10 heteroatoms. The molecule has 3 aromatic rings. The Bertz CT molecular complexity index is 1430. The van der Waals surface area contributed by atoms with Crippen molar-refractivity contribution in [2.45, 2.75) is 85.2 Å². The highest BCUT2D eigenvalue weighted by Gasteiger charge is 2.22. The molecule has 0 fully saturated rings. The van der Waals surface area contributed by atoms with Crippen molar-refractivity contribution in [3.8, 4) is 11.5 Å². The van der Waals surface area contributed by atoms with Crippen LogP contribution in [0.4, 0.5) is 9.59 Å². The van der Waals surface area contributed by atoms with Gasteiger partial charge in [-0.15, -0.1) is 0 Å². The van der Waals surface area contributed by atoms with E-state index < -0.39 is 23.4 Å². The van der Waals surface area contributed by atoms with Crippen LogP contribution < -0.4 is 20.1 Å². The molecule has 0 aliphatic carbocycles. The van der Waals surface area contributed by atoms with Crippen LogP contribution in [0, 0.1) is 0 Å². The van der Waals surface area contributed by atoms with Gasteiger partial charge in [-0.2, -0.15) is 0 Å². The zero-order chi connectivity index (χ0) is 35.0. The lowest BCUT2D eigenvalue weighted by Gasteiger charge is -2.27. The molecule has 48 heavy (non-hydrogen) atoms. The first kappa shape index (κ1) is 37.7. The van der Waals surface area contributed by atoms with Gasteiger partial charge in [-0.1, -0.05) is 60.7 Å². The zero-order valence-corrected chi connectivity index (χ0v) is 29.2. The molecule has 0 aromatic heterocycles. The van der Waals surface area contributed by atoms with Crippen molar-refractivity contribution >= 4 is 18.1 Å². The fourth-order valence-corrected chi connectivity index (χ4v) is 4.48. The van der Waals surface area contributed by atoms with Crippen molar-refractivity contribution in [3.05, 3.63) is 95.6 Å². The molecule has 0 atom stereocenters. The van der Waals surface area contributed by atoms with Crippen LogP contribution >= 0.6 is 0 Å². The second-order valence-corrected chi connectivity index (χ2v) is 13.4. The number of hydrogen-bond acceptors (Lipinski definition) is 7. The summed E-state index contributed by atoms with van der Waals surface area (Å²) in [5.74, 6) is 0.756. The Morgan fingerprint density at radius 3 is 1.75 bits per heavy atom. The second-order valence-electron chi connectivity index (χ2n) is 13.4. The second kappa shape index (κ2) is 18.6. The molecule has 3 aromatic carbocycles. The van der Waals surface area contributed by atoms with Crippen LogP contribution in [0.3, 0.4) is 0 Å². The summed E-state index contributed by atoms with van der Waals surface area (Å²) in [6.07, 6.45) is 0.962. The maximum Gasteiger partial charge on any atom is 0.410 e. The number of carbonyl (C=O) groups excluding carboxylic acids is 3. The van der Waals surface area contributed by atoms with Crippen LogP contribution in [-0.2, 0) is 22.7 Å². The highest BCUT2D eigenvalue weighted by molar-refractivity contribution is 5.94. The van der Waals surface area contributed by atoms with Crippen molar-refractivity contribution in [2.24, 2.45) is 0 Å². The van der Waals surface area contributed by atoms with Gasteiger partial charge in [0.05, 0.1) is 0 Å². The molecule has 0 aliphatic heterocycles. The van der Waals surface area contributed by atoms with Crippen molar-refractivity contribution < 1.29 is 33.3 Å². The van der Waals surface area contributed by atoms with E-state index in [1.807, 2.05) is 102 Å². The highest BCUT2D eigenvalue weighted by atomic mass is 16.6. The molecule has 3 rings (SSSR count). The van der Waals surface area contributed by atoms with Crippen LogP contribution in [0.5, 0.6) is 11.5 Å². The first-order valence-electron chi connectivity index (χ1n) is 16.5. The Balaban J connectivity index is 1.55. The maximum absolute atomic E-state index is 13.2. The van der Waals surface area contributed by atoms with Gasteiger partial charge >= 0.3 is 12.2 Å². The van der Waals surface area contributed by atoms with E-state index in [9.17, 15) is 14.4 Å². The number of nitrogens with zero attached hydrogens (tertiary/aromatic N) is 1. The molecule has 0 heterocycles. The van der Waals surface area contributed by atoms with Gasteiger partial charge in [0.1, 0.15) is 24.4 Å². The monoisotopic (exact) mass is 661 g/mol. The van der Waals surface area contributed by atoms with E-state index >= 15 is 0 Å². The van der Waals surface area contributed by atoms with Gasteiger partial charge in [0.2, 0.25) is 0 Å². The minimum atomic E-state index is -0.640. The van der Waals surface area contributed by atoms with Gasteiger partial charge in [-0.3, -0.25) is 4.79 Å². The van der Waals surface area contributed by atoms with E-state index in [0.29, 0.717) is 75.7 Å². The smallest absolute Gasteiger partial charge is 0.410 e. The van der Waals surface area contributed by atoms with Crippen LogP contribution in [0.2, 0.25) is 0 Å². The fraction of sp³-hybridized carbons (Fsp3) is 0.447. The lowest BCUT2D eigenvalue weighted by molar-refractivity contribution is 0.0243. The van der Waals surface area contributed by atoms with E-state index in [0.717, 1.165) is 11.1 Å². The van der Waals surface area contributed by atoms with Gasteiger partial charge in [0, 0.05) is 31.7 Å². The van der Waals surface area contributed by atoms with Gasteiger partial charge in [-0.05, 0) is 90.1 Å². The number of rotatable bonds is 16. The number of carbonyl (C=O) groups is 3. The molecule has 0 bridgehead atoms. The minimum Gasteiger partial charge on any atom is -0.485 e. The molecule has 3 amide bonds. The summed E-state index contributed by atoms with van der Waals surface area (Å²) in [4.78, 5) is 39.6. The standard InChI is InChI=1S/C38H51N3O7/c1-37(2,3)47-35(43)40-22-13-14-24-41(36(44)48-38(4,5)6)25-15-23-39-34(42)31-20-21-32(45-27-29-16-9-7-10-17-29)33(26-31)46-28-30-18-11-8-12-19-30/h7-12,16-21,26H,13-15,22-25,27-28H2,1-6H3,(H,39,42)(H,40,43). The lowest BCUT2D eigenvalue weighted by atomic mass is 10.1. The SMILES string of the molecule is CC(C)(C)OC(=O)NCCCCN(CCCNC(=O)c1ccc(OCc2ccccc2)c(OCc2ccccc2)c1)C(=O)OC(C)(C)C. The number of alkyl carbamates (subject to hydrolysis) is 1. The first-order chi connectivity index (χ1) is 22.8. The van der Waals surface area contributed by atoms with Crippen LogP contribution in [0.15, 0.2) is 78.9 Å². The summed E-state index contributed by atoms with van der Waals surface area (Å²) in [6, 6.07) is 24.8. The van der Waals surface area contributed by atoms with E-state index in [2.05, 4.69) is 10.6 Å². The fourth-order valence-electron chi connectivity index (χ4n) is 4.48. The van der Waals surface area contributed by atoms with Gasteiger partial charge in [0.15, 0.2) is 11.5 Å². The minimum absolute atomic E-state index is 0.258. The topological polar surface area (TPSA) is 115 Å². The quantitative estimate of drug-likeness (QED) is 0.153. The zero-order valence-electron chi connectivity index (χ0n) is 29.2. The predicted octanol–water partition coefficient (Wildman–Crippen LogP) is 7.51. The third-order valence-electron chi connectivity index (χ3n) is 6.75.